The quantitative estimate of drug-likeness (QED) is 0.404. The normalized spacial score (nSPS) is 15.4. The summed E-state index contributed by atoms with van der Waals surface area (Å²) in [6.45, 7) is 14.0. The molecule has 0 atom stereocenters. The van der Waals surface area contributed by atoms with Gasteiger partial charge in [0.05, 0.1) is 11.3 Å². The van der Waals surface area contributed by atoms with Crippen molar-refractivity contribution in [3.63, 3.8) is 0 Å². The van der Waals surface area contributed by atoms with Gasteiger partial charge >= 0.3 is 6.18 Å². The van der Waals surface area contributed by atoms with Gasteiger partial charge in [0.25, 0.3) is 0 Å². The SMILES string of the molecule is Cc1ccc(C(N=Nc2ccc(C(F)(F)F)cc2)=C2C=C(C(C)(C)C)C(=O)C(C(C)(C)C)=C2)cc1. The molecule has 0 saturated heterocycles. The summed E-state index contributed by atoms with van der Waals surface area (Å²) in [5.74, 6) is 0.0108. The Balaban J connectivity index is 2.22. The number of hydrogen-bond donors (Lipinski definition) is 0. The van der Waals surface area contributed by atoms with Gasteiger partial charge in [-0.3, -0.25) is 4.79 Å². The van der Waals surface area contributed by atoms with Crippen LogP contribution in [0.25, 0.3) is 5.70 Å². The van der Waals surface area contributed by atoms with Crippen LogP contribution in [0.15, 0.2) is 87.6 Å². The Hall–Kier alpha value is -3.28. The third kappa shape index (κ3) is 6.24. The summed E-state index contributed by atoms with van der Waals surface area (Å²) in [6, 6.07) is 12.3. The number of allylic oxidation sites excluding steroid dienone is 5. The van der Waals surface area contributed by atoms with E-state index in [-0.39, 0.29) is 5.78 Å². The van der Waals surface area contributed by atoms with Crippen LogP contribution in [-0.4, -0.2) is 5.78 Å². The lowest BCUT2D eigenvalue weighted by Gasteiger charge is -2.31. The van der Waals surface area contributed by atoms with E-state index in [0.717, 1.165) is 28.8 Å². The number of aryl methyl sites for hydroxylation is 1. The van der Waals surface area contributed by atoms with Crippen LogP contribution in [0.3, 0.4) is 0 Å². The van der Waals surface area contributed by atoms with Crippen molar-refractivity contribution in [3.8, 4) is 0 Å². The van der Waals surface area contributed by atoms with Gasteiger partial charge in [0.2, 0.25) is 0 Å². The minimum absolute atomic E-state index is 0.0108. The number of nitrogens with zero attached hydrogens (tertiary/aromatic N) is 2. The zero-order chi connectivity index (χ0) is 26.2. The van der Waals surface area contributed by atoms with Crippen molar-refractivity contribution in [1.82, 2.24) is 0 Å². The van der Waals surface area contributed by atoms with Gasteiger partial charge in [-0.05, 0) is 54.2 Å². The van der Waals surface area contributed by atoms with Gasteiger partial charge in [-0.2, -0.15) is 18.3 Å². The van der Waals surface area contributed by atoms with E-state index in [0.29, 0.717) is 22.5 Å². The van der Waals surface area contributed by atoms with Crippen LogP contribution in [-0.2, 0) is 11.0 Å². The molecule has 1 aliphatic rings. The van der Waals surface area contributed by atoms with Gasteiger partial charge in [0.1, 0.15) is 5.70 Å². The van der Waals surface area contributed by atoms with Crippen LogP contribution in [0.2, 0.25) is 0 Å². The van der Waals surface area contributed by atoms with Crippen LogP contribution < -0.4 is 0 Å². The number of rotatable bonds is 3. The number of alkyl halides is 3. The first-order valence-corrected chi connectivity index (χ1v) is 11.5. The predicted octanol–water partition coefficient (Wildman–Crippen LogP) is 9.04. The van der Waals surface area contributed by atoms with E-state index < -0.39 is 22.6 Å². The lowest BCUT2D eigenvalue weighted by molar-refractivity contribution is -0.137. The number of Topliss-reactive ketones (excluding diaryl/α,β-unsaturated/α-hetero) is 1. The van der Waals surface area contributed by atoms with Gasteiger partial charge in [-0.15, -0.1) is 5.11 Å². The van der Waals surface area contributed by atoms with Crippen molar-refractivity contribution >= 4 is 17.2 Å². The molecule has 0 heterocycles. The van der Waals surface area contributed by atoms with Crippen molar-refractivity contribution in [3.05, 3.63) is 94.1 Å². The van der Waals surface area contributed by atoms with Gasteiger partial charge in [-0.1, -0.05) is 71.4 Å². The lowest BCUT2D eigenvalue weighted by atomic mass is 9.71. The van der Waals surface area contributed by atoms with Crippen LogP contribution in [0, 0.1) is 17.8 Å². The Labute approximate surface area is 205 Å². The highest BCUT2D eigenvalue weighted by atomic mass is 19.4. The van der Waals surface area contributed by atoms with Gasteiger partial charge in [0.15, 0.2) is 5.78 Å². The monoisotopic (exact) mass is 480 g/mol. The Morgan fingerprint density at radius 1 is 0.743 bits per heavy atom. The van der Waals surface area contributed by atoms with E-state index in [4.69, 9.17) is 0 Å². The highest BCUT2D eigenvalue weighted by molar-refractivity contribution is 6.12. The standard InChI is InChI=1S/C29H31F3N2O/c1-18-8-10-19(11-9-18)25(34-33-22-14-12-21(13-15-22)29(30,31)32)20-16-23(27(2,3)4)26(35)24(17-20)28(5,6)7/h8-17H,1-7H3. The zero-order valence-electron chi connectivity index (χ0n) is 21.2. The Morgan fingerprint density at radius 3 is 1.66 bits per heavy atom. The van der Waals surface area contributed by atoms with E-state index in [9.17, 15) is 18.0 Å². The smallest absolute Gasteiger partial charge is 0.289 e. The summed E-state index contributed by atoms with van der Waals surface area (Å²) >= 11 is 0. The molecule has 0 amide bonds. The molecule has 0 fully saturated rings. The largest absolute Gasteiger partial charge is 0.416 e. The molecule has 0 radical (unpaired) electrons. The molecular weight excluding hydrogens is 449 g/mol. The first-order chi connectivity index (χ1) is 16.1. The molecular formula is C29H31F3N2O. The molecule has 3 nitrogen and oxygen atoms in total. The van der Waals surface area contributed by atoms with Crippen molar-refractivity contribution in [2.45, 2.75) is 54.6 Å². The first kappa shape index (κ1) is 26.3. The Bertz CT molecular complexity index is 1190. The van der Waals surface area contributed by atoms with Crippen molar-refractivity contribution in [1.29, 1.82) is 0 Å². The van der Waals surface area contributed by atoms with Gasteiger partial charge in [-0.25, -0.2) is 0 Å². The molecule has 6 heteroatoms. The maximum atomic E-state index is 13.4. The van der Waals surface area contributed by atoms with Crippen LogP contribution >= 0.6 is 0 Å². The third-order valence-electron chi connectivity index (χ3n) is 5.76. The molecule has 3 rings (SSSR count). The average molecular weight is 481 g/mol. The molecule has 0 spiro atoms. The second kappa shape index (κ2) is 9.40. The number of azo groups is 1. The van der Waals surface area contributed by atoms with Crippen molar-refractivity contribution < 1.29 is 18.0 Å². The van der Waals surface area contributed by atoms with E-state index in [1.807, 2.05) is 84.9 Å². The van der Waals surface area contributed by atoms with E-state index >= 15 is 0 Å². The number of ketones is 1. The molecule has 0 aromatic heterocycles. The number of halogens is 3. The topological polar surface area (TPSA) is 41.8 Å². The van der Waals surface area contributed by atoms with Crippen LogP contribution in [0.1, 0.15) is 58.2 Å². The molecule has 0 aliphatic heterocycles. The summed E-state index contributed by atoms with van der Waals surface area (Å²) in [5.41, 5.74) is 3.28. The fraction of sp³-hybridized carbons (Fsp3) is 0.345. The average Bonchev–Trinajstić information content (AvgIpc) is 2.74. The molecule has 0 bridgehead atoms. The highest BCUT2D eigenvalue weighted by Crippen LogP contribution is 2.41. The van der Waals surface area contributed by atoms with E-state index in [1.165, 1.54) is 12.1 Å². The van der Waals surface area contributed by atoms with Crippen LogP contribution in [0.5, 0.6) is 0 Å². The summed E-state index contributed by atoms with van der Waals surface area (Å²) in [6.07, 6.45) is -0.696. The van der Waals surface area contributed by atoms with E-state index in [1.54, 1.807) is 0 Å². The van der Waals surface area contributed by atoms with E-state index in [2.05, 4.69) is 10.2 Å². The number of benzene rings is 2. The maximum Gasteiger partial charge on any atom is 0.416 e. The molecule has 2 aromatic rings. The summed E-state index contributed by atoms with van der Waals surface area (Å²) in [5, 5.41) is 8.74. The number of carbonyl (C=O) groups is 1. The molecule has 35 heavy (non-hydrogen) atoms. The minimum atomic E-state index is -4.42. The molecule has 0 saturated carbocycles. The van der Waals surface area contributed by atoms with Gasteiger partial charge in [0, 0.05) is 22.3 Å². The molecule has 184 valence electrons. The Morgan fingerprint density at radius 2 is 1.23 bits per heavy atom. The van der Waals surface area contributed by atoms with Gasteiger partial charge < -0.3 is 0 Å². The Kier molecular flexibility index (Phi) is 7.07. The lowest BCUT2D eigenvalue weighted by Crippen LogP contribution is -2.28. The van der Waals surface area contributed by atoms with Crippen LogP contribution in [0.4, 0.5) is 18.9 Å². The maximum absolute atomic E-state index is 13.4. The number of carbonyl (C=O) groups excluding carboxylic acids is 1. The summed E-state index contributed by atoms with van der Waals surface area (Å²) in [4.78, 5) is 13.4. The molecule has 0 N–H and O–H groups in total. The third-order valence-corrected chi connectivity index (χ3v) is 5.76. The first-order valence-electron chi connectivity index (χ1n) is 11.5. The zero-order valence-corrected chi connectivity index (χ0v) is 21.2. The summed E-state index contributed by atoms with van der Waals surface area (Å²) in [7, 11) is 0. The predicted molar refractivity (Wildman–Crippen MR) is 134 cm³/mol. The minimum Gasteiger partial charge on any atom is -0.289 e. The number of hydrogen-bond acceptors (Lipinski definition) is 3. The highest BCUT2D eigenvalue weighted by Gasteiger charge is 2.35. The molecule has 2 aromatic carbocycles. The second-order valence-corrected chi connectivity index (χ2v) is 10.9. The fourth-order valence-electron chi connectivity index (χ4n) is 3.70. The second-order valence-electron chi connectivity index (χ2n) is 10.9. The van der Waals surface area contributed by atoms with Crippen molar-refractivity contribution in [2.24, 2.45) is 21.1 Å². The molecule has 1 aliphatic carbocycles. The summed E-state index contributed by atoms with van der Waals surface area (Å²) < 4.78 is 38.8. The van der Waals surface area contributed by atoms with Crippen molar-refractivity contribution in [2.75, 3.05) is 0 Å². The molecule has 0 unspecified atom stereocenters. The fourth-order valence-corrected chi connectivity index (χ4v) is 3.70.